The topological polar surface area (TPSA) is 55.3 Å². The monoisotopic (exact) mass is 291 g/mol. The fourth-order valence-electron chi connectivity index (χ4n) is 2.39. The highest BCUT2D eigenvalue weighted by Crippen LogP contribution is 2.40. The zero-order valence-electron chi connectivity index (χ0n) is 13.3. The van der Waals surface area contributed by atoms with Crippen molar-refractivity contribution in [2.24, 2.45) is 0 Å². The second kappa shape index (κ2) is 7.50. The molecule has 0 aromatic carbocycles. The Morgan fingerprint density at radius 2 is 2.05 bits per heavy atom. The van der Waals surface area contributed by atoms with Gasteiger partial charge in [0.05, 0.1) is 17.9 Å². The lowest BCUT2D eigenvalue weighted by atomic mass is 10.1. The van der Waals surface area contributed by atoms with Gasteiger partial charge in [0.25, 0.3) is 0 Å². The highest BCUT2D eigenvalue weighted by molar-refractivity contribution is 5.90. The highest BCUT2D eigenvalue weighted by atomic mass is 16.5. The Hall–Kier alpha value is -1.49. The van der Waals surface area contributed by atoms with E-state index >= 15 is 0 Å². The molecule has 0 saturated heterocycles. The van der Waals surface area contributed by atoms with Crippen molar-refractivity contribution < 1.29 is 9.53 Å². The van der Waals surface area contributed by atoms with E-state index in [1.807, 2.05) is 6.92 Å². The van der Waals surface area contributed by atoms with Crippen molar-refractivity contribution in [2.75, 3.05) is 26.2 Å². The number of ether oxygens (including phenoxy) is 1. The fraction of sp³-hybridized carbons (Fsp3) is 0.688. The summed E-state index contributed by atoms with van der Waals surface area (Å²) < 4.78 is 5.09. The Morgan fingerprint density at radius 3 is 2.62 bits per heavy atom. The van der Waals surface area contributed by atoms with Crippen LogP contribution in [0.4, 0.5) is 0 Å². The maximum absolute atomic E-state index is 12.0. The number of likely N-dealkylation sites (N-methyl/N-ethyl adjacent to an activating group) is 1. The van der Waals surface area contributed by atoms with Crippen LogP contribution < -0.4 is 0 Å². The van der Waals surface area contributed by atoms with E-state index in [2.05, 4.69) is 28.7 Å². The van der Waals surface area contributed by atoms with Crippen molar-refractivity contribution in [2.45, 2.75) is 46.0 Å². The van der Waals surface area contributed by atoms with E-state index in [1.165, 1.54) is 0 Å². The standard InChI is InChI=1S/C16H25N3O2/c1-4-19(5-2)10-9-14-17-11-13(16(20)21-6-3)15(18-14)12-7-8-12/h11-12H,4-10H2,1-3H3. The summed E-state index contributed by atoms with van der Waals surface area (Å²) in [4.78, 5) is 23.3. The summed E-state index contributed by atoms with van der Waals surface area (Å²) in [6, 6.07) is 0. The Labute approximate surface area is 126 Å². The first-order chi connectivity index (χ1) is 10.2. The molecule has 5 nitrogen and oxygen atoms in total. The van der Waals surface area contributed by atoms with E-state index in [0.29, 0.717) is 18.1 Å². The van der Waals surface area contributed by atoms with Gasteiger partial charge in [-0.05, 0) is 32.9 Å². The molecular weight excluding hydrogens is 266 g/mol. The van der Waals surface area contributed by atoms with Gasteiger partial charge in [0.2, 0.25) is 0 Å². The Kier molecular flexibility index (Phi) is 5.67. The molecule has 0 radical (unpaired) electrons. The van der Waals surface area contributed by atoms with E-state index in [0.717, 1.165) is 50.4 Å². The molecule has 0 atom stereocenters. The third-order valence-corrected chi connectivity index (χ3v) is 3.87. The van der Waals surface area contributed by atoms with Crippen LogP contribution in [0, 0.1) is 0 Å². The summed E-state index contributed by atoms with van der Waals surface area (Å²) in [7, 11) is 0. The maximum atomic E-state index is 12.0. The maximum Gasteiger partial charge on any atom is 0.341 e. The van der Waals surface area contributed by atoms with Gasteiger partial charge in [0.15, 0.2) is 0 Å². The molecule has 2 rings (SSSR count). The summed E-state index contributed by atoms with van der Waals surface area (Å²) in [5.74, 6) is 0.950. The van der Waals surface area contributed by atoms with E-state index in [9.17, 15) is 4.79 Å². The average molecular weight is 291 g/mol. The zero-order valence-corrected chi connectivity index (χ0v) is 13.3. The van der Waals surface area contributed by atoms with Crippen molar-refractivity contribution in [1.82, 2.24) is 14.9 Å². The minimum Gasteiger partial charge on any atom is -0.462 e. The quantitative estimate of drug-likeness (QED) is 0.688. The average Bonchev–Trinajstić information content (AvgIpc) is 3.33. The van der Waals surface area contributed by atoms with E-state index in [4.69, 9.17) is 4.74 Å². The third-order valence-electron chi connectivity index (χ3n) is 3.87. The van der Waals surface area contributed by atoms with Crippen molar-refractivity contribution in [3.63, 3.8) is 0 Å². The number of esters is 1. The molecule has 1 aliphatic rings. The molecule has 0 bridgehead atoms. The molecule has 1 fully saturated rings. The smallest absolute Gasteiger partial charge is 0.341 e. The summed E-state index contributed by atoms with van der Waals surface area (Å²) in [6.07, 6.45) is 4.69. The van der Waals surface area contributed by atoms with Crippen LogP contribution in [0.2, 0.25) is 0 Å². The molecular formula is C16H25N3O2. The van der Waals surface area contributed by atoms with Crippen LogP contribution in [0.3, 0.4) is 0 Å². The van der Waals surface area contributed by atoms with Gasteiger partial charge in [0.1, 0.15) is 5.82 Å². The van der Waals surface area contributed by atoms with Crippen molar-refractivity contribution >= 4 is 5.97 Å². The van der Waals surface area contributed by atoms with E-state index in [1.54, 1.807) is 6.20 Å². The van der Waals surface area contributed by atoms with Gasteiger partial charge < -0.3 is 9.64 Å². The second-order valence-corrected chi connectivity index (χ2v) is 5.36. The molecule has 0 spiro atoms. The molecule has 1 aromatic heterocycles. The third kappa shape index (κ3) is 4.24. The van der Waals surface area contributed by atoms with Crippen molar-refractivity contribution in [3.05, 3.63) is 23.3 Å². The molecule has 5 heteroatoms. The van der Waals surface area contributed by atoms with Gasteiger partial charge in [-0.2, -0.15) is 0 Å². The molecule has 1 heterocycles. The number of aromatic nitrogens is 2. The molecule has 1 saturated carbocycles. The van der Waals surface area contributed by atoms with Gasteiger partial charge in [-0.15, -0.1) is 0 Å². The normalized spacial score (nSPS) is 14.5. The van der Waals surface area contributed by atoms with Gasteiger partial charge in [0, 0.05) is 25.1 Å². The number of carbonyl (C=O) groups is 1. The summed E-state index contributed by atoms with van der Waals surface area (Å²) in [6.45, 7) is 9.53. The minimum absolute atomic E-state index is 0.297. The van der Waals surface area contributed by atoms with Gasteiger partial charge in [-0.1, -0.05) is 13.8 Å². The Bertz CT molecular complexity index is 482. The molecule has 1 aliphatic carbocycles. The van der Waals surface area contributed by atoms with Crippen LogP contribution in [0.15, 0.2) is 6.20 Å². The molecule has 21 heavy (non-hydrogen) atoms. The van der Waals surface area contributed by atoms with Crippen LogP contribution in [0.1, 0.15) is 61.4 Å². The highest BCUT2D eigenvalue weighted by Gasteiger charge is 2.30. The number of nitrogens with zero attached hydrogens (tertiary/aromatic N) is 3. The largest absolute Gasteiger partial charge is 0.462 e. The summed E-state index contributed by atoms with van der Waals surface area (Å²) in [5, 5.41) is 0. The van der Waals surface area contributed by atoms with Crippen LogP contribution in [0.25, 0.3) is 0 Å². The Balaban J connectivity index is 2.11. The predicted octanol–water partition coefficient (Wildman–Crippen LogP) is 2.42. The second-order valence-electron chi connectivity index (χ2n) is 5.36. The molecule has 116 valence electrons. The first-order valence-corrected chi connectivity index (χ1v) is 7.94. The molecule has 0 aliphatic heterocycles. The molecule has 0 N–H and O–H groups in total. The minimum atomic E-state index is -0.297. The Morgan fingerprint density at radius 1 is 1.33 bits per heavy atom. The van der Waals surface area contributed by atoms with Crippen LogP contribution >= 0.6 is 0 Å². The molecule has 0 amide bonds. The first-order valence-electron chi connectivity index (χ1n) is 7.94. The van der Waals surface area contributed by atoms with E-state index in [-0.39, 0.29) is 5.97 Å². The lowest BCUT2D eigenvalue weighted by molar-refractivity contribution is 0.0523. The fourth-order valence-corrected chi connectivity index (χ4v) is 2.39. The number of carbonyl (C=O) groups excluding carboxylic acids is 1. The van der Waals surface area contributed by atoms with Crippen molar-refractivity contribution in [1.29, 1.82) is 0 Å². The van der Waals surface area contributed by atoms with Crippen LogP contribution in [0.5, 0.6) is 0 Å². The van der Waals surface area contributed by atoms with Gasteiger partial charge in [-0.25, -0.2) is 14.8 Å². The molecule has 1 aromatic rings. The number of hydrogen-bond acceptors (Lipinski definition) is 5. The van der Waals surface area contributed by atoms with Crippen molar-refractivity contribution in [3.8, 4) is 0 Å². The molecule has 0 unspecified atom stereocenters. The predicted molar refractivity (Wildman–Crippen MR) is 81.5 cm³/mol. The number of rotatable bonds is 8. The lowest BCUT2D eigenvalue weighted by Gasteiger charge is -2.17. The van der Waals surface area contributed by atoms with Gasteiger partial charge in [-0.3, -0.25) is 0 Å². The SMILES string of the molecule is CCOC(=O)c1cnc(CCN(CC)CC)nc1C1CC1. The van der Waals surface area contributed by atoms with Crippen LogP contribution in [-0.4, -0.2) is 47.1 Å². The zero-order chi connectivity index (χ0) is 15.2. The first kappa shape index (κ1) is 15.9. The van der Waals surface area contributed by atoms with Gasteiger partial charge >= 0.3 is 5.97 Å². The summed E-state index contributed by atoms with van der Waals surface area (Å²) in [5.41, 5.74) is 1.43. The van der Waals surface area contributed by atoms with Crippen LogP contribution in [-0.2, 0) is 11.2 Å². The number of hydrogen-bond donors (Lipinski definition) is 0. The lowest BCUT2D eigenvalue weighted by Crippen LogP contribution is -2.26. The van der Waals surface area contributed by atoms with E-state index < -0.39 is 0 Å². The summed E-state index contributed by atoms with van der Waals surface area (Å²) >= 11 is 0.